The van der Waals surface area contributed by atoms with Crippen LogP contribution in [-0.4, -0.2) is 22.2 Å². The third kappa shape index (κ3) is 4.18. The molecule has 0 saturated carbocycles. The Morgan fingerprint density at radius 2 is 0.955 bits per heavy atom. The van der Waals surface area contributed by atoms with Crippen molar-refractivity contribution in [2.75, 3.05) is 0 Å². The number of rotatable bonds is 5. The Hall–Kier alpha value is -3.14. The molecule has 0 aromatic heterocycles. The van der Waals surface area contributed by atoms with Gasteiger partial charge in [-0.2, -0.15) is 0 Å². The second kappa shape index (κ2) is 7.04. The zero-order valence-electron chi connectivity index (χ0n) is 11.6. The lowest BCUT2D eigenvalue weighted by molar-refractivity contribution is 0.0686. The number of carboxylic acids is 2. The summed E-state index contributed by atoms with van der Waals surface area (Å²) >= 11 is 0. The van der Waals surface area contributed by atoms with E-state index in [4.69, 9.17) is 10.2 Å². The van der Waals surface area contributed by atoms with Crippen molar-refractivity contribution < 1.29 is 19.8 Å². The van der Waals surface area contributed by atoms with Gasteiger partial charge in [0.1, 0.15) is 0 Å². The minimum absolute atomic E-state index is 0.256. The van der Waals surface area contributed by atoms with Crippen molar-refractivity contribution in [2.45, 2.75) is 0 Å². The largest absolute Gasteiger partial charge is 0.478 e. The summed E-state index contributed by atoms with van der Waals surface area (Å²) in [4.78, 5) is 21.5. The molecule has 0 aliphatic rings. The summed E-state index contributed by atoms with van der Waals surface area (Å²) < 4.78 is 0. The van der Waals surface area contributed by atoms with E-state index in [1.54, 1.807) is 48.5 Å². The second-order valence-corrected chi connectivity index (χ2v) is 4.57. The summed E-state index contributed by atoms with van der Waals surface area (Å²) in [7, 11) is 0. The summed E-state index contributed by atoms with van der Waals surface area (Å²) in [6.45, 7) is 0. The van der Waals surface area contributed by atoms with Crippen molar-refractivity contribution >= 4 is 24.1 Å². The Labute approximate surface area is 127 Å². The third-order valence-corrected chi connectivity index (χ3v) is 3.00. The van der Waals surface area contributed by atoms with Crippen molar-refractivity contribution in [3.05, 3.63) is 82.9 Å². The van der Waals surface area contributed by atoms with Crippen LogP contribution in [0.5, 0.6) is 0 Å². The molecule has 0 spiro atoms. The van der Waals surface area contributed by atoms with Crippen molar-refractivity contribution in [3.63, 3.8) is 0 Å². The molecule has 0 heterocycles. The number of carbonyl (C=O) groups is 2. The maximum absolute atomic E-state index is 10.7. The summed E-state index contributed by atoms with van der Waals surface area (Å²) in [5, 5.41) is 17.6. The van der Waals surface area contributed by atoms with E-state index in [9.17, 15) is 9.59 Å². The minimum atomic E-state index is -0.944. The molecular formula is C18H14O4. The van der Waals surface area contributed by atoms with Crippen molar-refractivity contribution in [3.8, 4) is 0 Å². The first-order chi connectivity index (χ1) is 10.6. The SMILES string of the molecule is O=C(O)c1ccc(/C=C/C=C/c2ccc(C(=O)O)cc2)cc1. The lowest BCUT2D eigenvalue weighted by Crippen LogP contribution is -1.94. The molecule has 0 aliphatic heterocycles. The maximum Gasteiger partial charge on any atom is 0.335 e. The average Bonchev–Trinajstić information content (AvgIpc) is 2.52. The fraction of sp³-hybridized carbons (Fsp3) is 0. The van der Waals surface area contributed by atoms with E-state index in [-0.39, 0.29) is 11.1 Å². The topological polar surface area (TPSA) is 74.6 Å². The number of benzene rings is 2. The quantitative estimate of drug-likeness (QED) is 0.822. The van der Waals surface area contributed by atoms with Crippen LogP contribution in [0.25, 0.3) is 12.2 Å². The predicted molar refractivity (Wildman–Crippen MR) is 84.9 cm³/mol. The van der Waals surface area contributed by atoms with E-state index in [2.05, 4.69) is 0 Å². The molecule has 0 amide bonds. The van der Waals surface area contributed by atoms with Crippen molar-refractivity contribution in [1.82, 2.24) is 0 Å². The molecule has 0 bridgehead atoms. The Balaban J connectivity index is 1.99. The summed E-state index contributed by atoms with van der Waals surface area (Å²) in [6, 6.07) is 13.1. The van der Waals surface area contributed by atoms with E-state index < -0.39 is 11.9 Å². The number of aromatic carboxylic acids is 2. The fourth-order valence-corrected chi connectivity index (χ4v) is 1.81. The van der Waals surface area contributed by atoms with Crippen LogP contribution in [-0.2, 0) is 0 Å². The van der Waals surface area contributed by atoms with Crippen LogP contribution in [0.4, 0.5) is 0 Å². The molecule has 4 nitrogen and oxygen atoms in total. The van der Waals surface area contributed by atoms with E-state index in [1.165, 1.54) is 0 Å². The molecule has 0 unspecified atom stereocenters. The molecule has 110 valence electrons. The van der Waals surface area contributed by atoms with Crippen LogP contribution < -0.4 is 0 Å². The smallest absolute Gasteiger partial charge is 0.335 e. The van der Waals surface area contributed by atoms with Gasteiger partial charge in [-0.3, -0.25) is 0 Å². The first-order valence-corrected chi connectivity index (χ1v) is 6.58. The monoisotopic (exact) mass is 294 g/mol. The Morgan fingerprint density at radius 3 is 1.23 bits per heavy atom. The number of hydrogen-bond acceptors (Lipinski definition) is 2. The van der Waals surface area contributed by atoms with Gasteiger partial charge in [-0.05, 0) is 35.4 Å². The molecule has 2 aromatic carbocycles. The van der Waals surface area contributed by atoms with E-state index in [0.29, 0.717) is 0 Å². The molecule has 2 aromatic rings. The van der Waals surface area contributed by atoms with E-state index in [0.717, 1.165) is 11.1 Å². The molecule has 0 aliphatic carbocycles. The molecule has 0 atom stereocenters. The molecular weight excluding hydrogens is 280 g/mol. The zero-order chi connectivity index (χ0) is 15.9. The molecule has 4 heteroatoms. The molecule has 2 rings (SSSR count). The molecule has 22 heavy (non-hydrogen) atoms. The van der Waals surface area contributed by atoms with Gasteiger partial charge in [-0.1, -0.05) is 48.6 Å². The van der Waals surface area contributed by atoms with Gasteiger partial charge in [0.25, 0.3) is 0 Å². The number of allylic oxidation sites excluding steroid dienone is 2. The van der Waals surface area contributed by atoms with E-state index >= 15 is 0 Å². The van der Waals surface area contributed by atoms with Crippen molar-refractivity contribution in [1.29, 1.82) is 0 Å². The maximum atomic E-state index is 10.7. The molecule has 0 fully saturated rings. The third-order valence-electron chi connectivity index (χ3n) is 3.00. The molecule has 0 radical (unpaired) electrons. The van der Waals surface area contributed by atoms with E-state index in [1.807, 2.05) is 24.3 Å². The highest BCUT2D eigenvalue weighted by Gasteiger charge is 2.00. The summed E-state index contributed by atoms with van der Waals surface area (Å²) in [6.07, 6.45) is 7.38. The van der Waals surface area contributed by atoms with Gasteiger partial charge in [0.15, 0.2) is 0 Å². The lowest BCUT2D eigenvalue weighted by Gasteiger charge is -1.96. The Kier molecular flexibility index (Phi) is 4.88. The summed E-state index contributed by atoms with van der Waals surface area (Å²) in [5.41, 5.74) is 2.31. The highest BCUT2D eigenvalue weighted by atomic mass is 16.4. The fourth-order valence-electron chi connectivity index (χ4n) is 1.81. The highest BCUT2D eigenvalue weighted by molar-refractivity contribution is 5.88. The number of hydrogen-bond donors (Lipinski definition) is 2. The van der Waals surface area contributed by atoms with Gasteiger partial charge >= 0.3 is 11.9 Å². The molecule has 2 N–H and O–H groups in total. The Morgan fingerprint density at radius 1 is 0.636 bits per heavy atom. The number of carboxylic acid groups (broad SMARTS) is 2. The van der Waals surface area contributed by atoms with Gasteiger partial charge in [0.2, 0.25) is 0 Å². The highest BCUT2D eigenvalue weighted by Crippen LogP contribution is 2.08. The normalized spacial score (nSPS) is 11.1. The van der Waals surface area contributed by atoms with Gasteiger partial charge < -0.3 is 10.2 Å². The zero-order valence-corrected chi connectivity index (χ0v) is 11.6. The van der Waals surface area contributed by atoms with Gasteiger partial charge in [-0.25, -0.2) is 9.59 Å². The van der Waals surface area contributed by atoms with Gasteiger partial charge in [-0.15, -0.1) is 0 Å². The van der Waals surface area contributed by atoms with Crippen LogP contribution in [0.3, 0.4) is 0 Å². The van der Waals surface area contributed by atoms with Crippen LogP contribution in [0, 0.1) is 0 Å². The second-order valence-electron chi connectivity index (χ2n) is 4.57. The van der Waals surface area contributed by atoms with Crippen LogP contribution in [0.1, 0.15) is 31.8 Å². The van der Waals surface area contributed by atoms with Gasteiger partial charge in [0, 0.05) is 0 Å². The standard InChI is InChI=1S/C18H14O4/c19-17(20)15-9-5-13(6-10-15)3-1-2-4-14-7-11-16(12-8-14)18(21)22/h1-12H,(H,19,20)(H,21,22)/b3-1+,4-2+. The lowest BCUT2D eigenvalue weighted by atomic mass is 10.1. The van der Waals surface area contributed by atoms with Crippen LogP contribution >= 0.6 is 0 Å². The first kappa shape index (κ1) is 15.3. The van der Waals surface area contributed by atoms with Crippen LogP contribution in [0.2, 0.25) is 0 Å². The predicted octanol–water partition coefficient (Wildman–Crippen LogP) is 3.81. The molecule has 0 saturated heterocycles. The Bertz CT molecular complexity index is 657. The minimum Gasteiger partial charge on any atom is -0.478 e. The van der Waals surface area contributed by atoms with Gasteiger partial charge in [0.05, 0.1) is 11.1 Å². The first-order valence-electron chi connectivity index (χ1n) is 6.58. The van der Waals surface area contributed by atoms with Crippen LogP contribution in [0.15, 0.2) is 60.7 Å². The average molecular weight is 294 g/mol. The van der Waals surface area contributed by atoms with Crippen molar-refractivity contribution in [2.24, 2.45) is 0 Å². The summed E-state index contributed by atoms with van der Waals surface area (Å²) in [5.74, 6) is -1.89.